The molecule has 0 aliphatic rings. The molecular weight excluding hydrogens is 416 g/mol. The monoisotopic (exact) mass is 454 g/mol. The number of hydrogen-bond donors (Lipinski definition) is 3. The minimum absolute atomic E-state index is 0.0284. The molecule has 0 radical (unpaired) electrons. The summed E-state index contributed by atoms with van der Waals surface area (Å²) in [6, 6.07) is 9.44. The Balaban J connectivity index is 1.48. The van der Waals surface area contributed by atoms with Crippen molar-refractivity contribution in [2.24, 2.45) is 0 Å². The van der Waals surface area contributed by atoms with Crippen molar-refractivity contribution in [3.05, 3.63) is 41.9 Å². The molecule has 0 aliphatic carbocycles. The van der Waals surface area contributed by atoms with Gasteiger partial charge in [0.2, 0.25) is 5.91 Å². The van der Waals surface area contributed by atoms with Crippen molar-refractivity contribution < 1.29 is 9.53 Å². The Labute approximate surface area is 196 Å². The number of unbranched alkanes of at least 4 members (excludes halogenated alkanes) is 4. The average Bonchev–Trinajstić information content (AvgIpc) is 3.35. The summed E-state index contributed by atoms with van der Waals surface area (Å²) in [5, 5.41) is 18.4. The third-order valence-electron chi connectivity index (χ3n) is 5.62. The molecule has 8 heteroatoms. The number of rotatable bonds is 12. The predicted octanol–water partition coefficient (Wildman–Crippen LogP) is 5.34. The molecule has 180 valence electrons. The molecule has 0 saturated heterocycles. The van der Waals surface area contributed by atoms with E-state index in [9.17, 15) is 4.79 Å². The molecule has 1 aromatic carbocycles. The van der Waals surface area contributed by atoms with Crippen LogP contribution in [0.3, 0.4) is 0 Å². The van der Waals surface area contributed by atoms with E-state index >= 15 is 0 Å². The number of hydrogen-bond acceptors (Lipinski definition) is 5. The first-order valence-corrected chi connectivity index (χ1v) is 12.0. The van der Waals surface area contributed by atoms with Crippen LogP contribution in [0.1, 0.15) is 90.7 Å². The van der Waals surface area contributed by atoms with Crippen LogP contribution in [0.4, 0.5) is 5.69 Å². The Bertz CT molecular complexity index is 1030. The van der Waals surface area contributed by atoms with E-state index in [1.54, 1.807) is 0 Å². The molecule has 0 bridgehead atoms. The van der Waals surface area contributed by atoms with Gasteiger partial charge in [0.15, 0.2) is 11.5 Å². The van der Waals surface area contributed by atoms with Crippen LogP contribution >= 0.6 is 0 Å². The highest BCUT2D eigenvalue weighted by Crippen LogP contribution is 2.23. The van der Waals surface area contributed by atoms with E-state index in [0.717, 1.165) is 35.7 Å². The van der Waals surface area contributed by atoms with Gasteiger partial charge in [-0.05, 0) is 25.5 Å². The van der Waals surface area contributed by atoms with Crippen molar-refractivity contribution in [1.82, 2.24) is 25.1 Å². The van der Waals surface area contributed by atoms with Crippen molar-refractivity contribution in [1.29, 1.82) is 0 Å². The van der Waals surface area contributed by atoms with E-state index in [0.29, 0.717) is 18.9 Å². The molecule has 8 nitrogen and oxygen atoms in total. The van der Waals surface area contributed by atoms with Crippen LogP contribution in [0.25, 0.3) is 5.65 Å². The number of aromatic nitrogens is 4. The largest absolute Gasteiger partial charge is 0.478 e. The fourth-order valence-corrected chi connectivity index (χ4v) is 3.56. The van der Waals surface area contributed by atoms with Gasteiger partial charge in [-0.3, -0.25) is 15.2 Å². The Morgan fingerprint density at radius 1 is 1.18 bits per heavy atom. The number of benzene rings is 1. The van der Waals surface area contributed by atoms with Gasteiger partial charge in [-0.2, -0.15) is 14.7 Å². The number of anilines is 1. The molecule has 2 aromatic heterocycles. The lowest BCUT2D eigenvalue weighted by atomic mass is 9.93. The SMILES string of the molecule is CCCCCCCC(=O)Nc1cccc(OCNC(C)c2n[nH]c3cc(C(C)(C)C)nn23)c1. The highest BCUT2D eigenvalue weighted by molar-refractivity contribution is 5.90. The van der Waals surface area contributed by atoms with Crippen molar-refractivity contribution >= 4 is 17.2 Å². The summed E-state index contributed by atoms with van der Waals surface area (Å²) in [7, 11) is 0. The van der Waals surface area contributed by atoms with Gasteiger partial charge in [0.1, 0.15) is 12.5 Å². The third-order valence-corrected chi connectivity index (χ3v) is 5.62. The average molecular weight is 455 g/mol. The van der Waals surface area contributed by atoms with Crippen molar-refractivity contribution in [3.63, 3.8) is 0 Å². The number of ether oxygens (including phenoxy) is 1. The summed E-state index contributed by atoms with van der Waals surface area (Å²) < 4.78 is 7.71. The zero-order valence-electron chi connectivity index (χ0n) is 20.6. The van der Waals surface area contributed by atoms with E-state index in [-0.39, 0.29) is 17.4 Å². The van der Waals surface area contributed by atoms with Crippen LogP contribution in [0, 0.1) is 0 Å². The van der Waals surface area contributed by atoms with E-state index in [1.165, 1.54) is 19.3 Å². The van der Waals surface area contributed by atoms with Crippen LogP contribution in [0.2, 0.25) is 0 Å². The van der Waals surface area contributed by atoms with Crippen LogP contribution < -0.4 is 15.4 Å². The standard InChI is InChI=1S/C25H38N6O2/c1-6-7-8-9-10-14-23(32)27-19-12-11-13-20(15-19)33-17-26-18(2)24-29-28-22-16-21(25(3,4)5)30-31(22)24/h11-13,15-16,18,26,28H,6-10,14,17H2,1-5H3,(H,27,32). The molecule has 3 rings (SSSR count). The summed E-state index contributed by atoms with van der Waals surface area (Å²) in [4.78, 5) is 12.2. The molecule has 0 fully saturated rings. The van der Waals surface area contributed by atoms with E-state index in [2.05, 4.69) is 48.5 Å². The van der Waals surface area contributed by atoms with Crippen molar-refractivity contribution in [3.8, 4) is 5.75 Å². The van der Waals surface area contributed by atoms with Gasteiger partial charge >= 0.3 is 0 Å². The number of fused-ring (bicyclic) bond motifs is 1. The maximum absolute atomic E-state index is 12.2. The van der Waals surface area contributed by atoms with Crippen molar-refractivity contribution in [2.45, 2.75) is 84.6 Å². The minimum atomic E-state index is -0.0675. The number of aromatic amines is 1. The molecule has 1 unspecified atom stereocenters. The van der Waals surface area contributed by atoms with Gasteiger partial charge in [-0.15, -0.1) is 0 Å². The molecular formula is C25H38N6O2. The Kier molecular flexibility index (Phi) is 8.49. The van der Waals surface area contributed by atoms with Crippen molar-refractivity contribution in [2.75, 3.05) is 12.0 Å². The topological polar surface area (TPSA) is 96.3 Å². The number of amides is 1. The second kappa shape index (κ2) is 11.3. The smallest absolute Gasteiger partial charge is 0.224 e. The minimum Gasteiger partial charge on any atom is -0.478 e. The lowest BCUT2D eigenvalue weighted by Crippen LogP contribution is -2.25. The lowest BCUT2D eigenvalue weighted by Gasteiger charge is -2.15. The summed E-state index contributed by atoms with van der Waals surface area (Å²) in [5.41, 5.74) is 2.61. The normalized spacial score (nSPS) is 12.8. The number of H-pyrrole nitrogens is 1. The molecule has 0 aliphatic heterocycles. The second-order valence-electron chi connectivity index (χ2n) is 9.61. The van der Waals surface area contributed by atoms with Gasteiger partial charge in [0, 0.05) is 29.7 Å². The Morgan fingerprint density at radius 2 is 1.97 bits per heavy atom. The van der Waals surface area contributed by atoms with E-state index in [1.807, 2.05) is 41.8 Å². The molecule has 0 spiro atoms. The summed E-state index contributed by atoms with van der Waals surface area (Å²) in [5.74, 6) is 1.53. The van der Waals surface area contributed by atoms with Crippen LogP contribution in [0.15, 0.2) is 30.3 Å². The number of carbonyl (C=O) groups excluding carboxylic acids is 1. The maximum Gasteiger partial charge on any atom is 0.224 e. The predicted molar refractivity (Wildman–Crippen MR) is 132 cm³/mol. The van der Waals surface area contributed by atoms with Gasteiger partial charge < -0.3 is 10.1 Å². The summed E-state index contributed by atoms with van der Waals surface area (Å²) in [6.45, 7) is 10.9. The van der Waals surface area contributed by atoms with E-state index < -0.39 is 0 Å². The molecule has 1 amide bonds. The molecule has 33 heavy (non-hydrogen) atoms. The highest BCUT2D eigenvalue weighted by atomic mass is 16.5. The van der Waals surface area contributed by atoms with Crippen LogP contribution in [-0.2, 0) is 10.2 Å². The van der Waals surface area contributed by atoms with Crippen LogP contribution in [0.5, 0.6) is 5.75 Å². The van der Waals surface area contributed by atoms with Crippen LogP contribution in [-0.4, -0.2) is 32.4 Å². The quantitative estimate of drug-likeness (QED) is 0.253. The number of nitrogens with one attached hydrogen (secondary N) is 3. The fraction of sp³-hybridized carbons (Fsp3) is 0.560. The zero-order chi connectivity index (χ0) is 23.8. The third kappa shape index (κ3) is 7.05. The number of carbonyl (C=O) groups is 1. The fourth-order valence-electron chi connectivity index (χ4n) is 3.56. The highest BCUT2D eigenvalue weighted by Gasteiger charge is 2.21. The lowest BCUT2D eigenvalue weighted by molar-refractivity contribution is -0.116. The molecule has 3 N–H and O–H groups in total. The van der Waals surface area contributed by atoms with Gasteiger partial charge in [-0.25, -0.2) is 0 Å². The Hall–Kier alpha value is -2.87. The van der Waals surface area contributed by atoms with Gasteiger partial charge in [0.25, 0.3) is 0 Å². The maximum atomic E-state index is 12.2. The molecule has 1 atom stereocenters. The molecule has 2 heterocycles. The first-order chi connectivity index (χ1) is 15.8. The Morgan fingerprint density at radius 3 is 2.73 bits per heavy atom. The van der Waals surface area contributed by atoms with Gasteiger partial charge in [0.05, 0.1) is 11.7 Å². The van der Waals surface area contributed by atoms with E-state index in [4.69, 9.17) is 9.84 Å². The first kappa shape index (κ1) is 24.8. The molecule has 3 aromatic rings. The summed E-state index contributed by atoms with van der Waals surface area (Å²) in [6.07, 6.45) is 6.22. The first-order valence-electron chi connectivity index (χ1n) is 12.0. The summed E-state index contributed by atoms with van der Waals surface area (Å²) >= 11 is 0. The number of nitrogens with zero attached hydrogens (tertiary/aromatic N) is 3. The second-order valence-corrected chi connectivity index (χ2v) is 9.61. The van der Waals surface area contributed by atoms with Gasteiger partial charge in [-0.1, -0.05) is 59.4 Å². The zero-order valence-corrected chi connectivity index (χ0v) is 20.6. The molecule has 0 saturated carbocycles.